The Morgan fingerprint density at radius 3 is 2.74 bits per heavy atom. The van der Waals surface area contributed by atoms with Crippen LogP contribution >= 0.6 is 0 Å². The first-order chi connectivity index (χ1) is 9.19. The molecule has 4 heteroatoms. The summed E-state index contributed by atoms with van der Waals surface area (Å²) in [5, 5.41) is 4.48. The minimum Gasteiger partial charge on any atom is -0.496 e. The van der Waals surface area contributed by atoms with Crippen molar-refractivity contribution in [2.24, 2.45) is 0 Å². The summed E-state index contributed by atoms with van der Waals surface area (Å²) in [6, 6.07) is 10.1. The quantitative estimate of drug-likeness (QED) is 0.704. The maximum atomic E-state index is 5.38. The monoisotopic (exact) mass is 253 g/mol. The zero-order valence-corrected chi connectivity index (χ0v) is 11.2. The fourth-order valence-electron chi connectivity index (χ4n) is 2.21. The number of benzene rings is 1. The zero-order chi connectivity index (χ0) is 13.4. The van der Waals surface area contributed by atoms with Gasteiger partial charge in [0.05, 0.1) is 18.5 Å². The second-order valence-corrected chi connectivity index (χ2v) is 4.57. The van der Waals surface area contributed by atoms with Crippen molar-refractivity contribution in [3.63, 3.8) is 0 Å². The van der Waals surface area contributed by atoms with Gasteiger partial charge in [0.2, 0.25) is 0 Å². The van der Waals surface area contributed by atoms with Crippen LogP contribution in [0.4, 0.5) is 0 Å². The van der Waals surface area contributed by atoms with Crippen LogP contribution in [0.25, 0.3) is 16.9 Å². The first-order valence-corrected chi connectivity index (χ1v) is 6.15. The SMILES string of the molecule is COc1cc(-c2ccnc3cc(C)nn23)ccc1C. The average molecular weight is 253 g/mol. The Morgan fingerprint density at radius 1 is 1.11 bits per heavy atom. The Kier molecular flexibility index (Phi) is 2.71. The fourth-order valence-corrected chi connectivity index (χ4v) is 2.21. The van der Waals surface area contributed by atoms with Gasteiger partial charge in [0.1, 0.15) is 5.75 Å². The molecule has 1 aromatic carbocycles. The summed E-state index contributed by atoms with van der Waals surface area (Å²) in [4.78, 5) is 4.32. The lowest BCUT2D eigenvalue weighted by Crippen LogP contribution is -1.96. The van der Waals surface area contributed by atoms with Gasteiger partial charge in [0.25, 0.3) is 0 Å². The van der Waals surface area contributed by atoms with E-state index in [0.29, 0.717) is 0 Å². The molecule has 0 amide bonds. The highest BCUT2D eigenvalue weighted by Crippen LogP contribution is 2.26. The van der Waals surface area contributed by atoms with E-state index < -0.39 is 0 Å². The highest BCUT2D eigenvalue weighted by atomic mass is 16.5. The van der Waals surface area contributed by atoms with E-state index in [4.69, 9.17) is 4.74 Å². The van der Waals surface area contributed by atoms with Crippen LogP contribution < -0.4 is 4.74 Å². The molecule has 4 nitrogen and oxygen atoms in total. The Labute approximate surface area is 111 Å². The van der Waals surface area contributed by atoms with Crippen LogP contribution in [-0.4, -0.2) is 21.7 Å². The van der Waals surface area contributed by atoms with Gasteiger partial charge >= 0.3 is 0 Å². The Hall–Kier alpha value is -2.36. The number of fused-ring (bicyclic) bond motifs is 1. The molecule has 3 rings (SSSR count). The van der Waals surface area contributed by atoms with Crippen molar-refractivity contribution in [2.75, 3.05) is 7.11 Å². The molecule has 0 saturated heterocycles. The Balaban J connectivity index is 2.24. The molecule has 2 aromatic heterocycles. The summed E-state index contributed by atoms with van der Waals surface area (Å²) in [6.07, 6.45) is 1.80. The van der Waals surface area contributed by atoms with Gasteiger partial charge in [0.15, 0.2) is 5.65 Å². The predicted octanol–water partition coefficient (Wildman–Crippen LogP) is 3.02. The minimum absolute atomic E-state index is 0.856. The molecule has 0 N–H and O–H groups in total. The molecular weight excluding hydrogens is 238 g/mol. The lowest BCUT2D eigenvalue weighted by Gasteiger charge is -2.09. The van der Waals surface area contributed by atoms with E-state index in [9.17, 15) is 0 Å². The van der Waals surface area contributed by atoms with Crippen molar-refractivity contribution in [3.05, 3.63) is 47.8 Å². The normalized spacial score (nSPS) is 10.9. The molecule has 0 aliphatic carbocycles. The fraction of sp³-hybridized carbons (Fsp3) is 0.200. The number of aryl methyl sites for hydroxylation is 2. The van der Waals surface area contributed by atoms with Gasteiger partial charge in [-0.1, -0.05) is 12.1 Å². The molecule has 3 aromatic rings. The van der Waals surface area contributed by atoms with Gasteiger partial charge in [-0.3, -0.25) is 0 Å². The van der Waals surface area contributed by atoms with Gasteiger partial charge < -0.3 is 4.74 Å². The van der Waals surface area contributed by atoms with E-state index in [-0.39, 0.29) is 0 Å². The smallest absolute Gasteiger partial charge is 0.155 e. The lowest BCUT2D eigenvalue weighted by molar-refractivity contribution is 0.412. The summed E-state index contributed by atoms with van der Waals surface area (Å²) in [7, 11) is 1.69. The summed E-state index contributed by atoms with van der Waals surface area (Å²) in [5.74, 6) is 0.881. The van der Waals surface area contributed by atoms with Crippen molar-refractivity contribution in [3.8, 4) is 17.0 Å². The van der Waals surface area contributed by atoms with Crippen LogP contribution in [0.3, 0.4) is 0 Å². The molecule has 0 saturated carbocycles. The molecule has 0 aliphatic heterocycles. The molecule has 0 fully saturated rings. The number of hydrogen-bond acceptors (Lipinski definition) is 3. The van der Waals surface area contributed by atoms with Gasteiger partial charge in [-0.25, -0.2) is 9.50 Å². The third-order valence-corrected chi connectivity index (χ3v) is 3.18. The lowest BCUT2D eigenvalue weighted by atomic mass is 10.1. The van der Waals surface area contributed by atoms with E-state index in [1.807, 2.05) is 36.6 Å². The Morgan fingerprint density at radius 2 is 1.95 bits per heavy atom. The first kappa shape index (κ1) is 11.7. The van der Waals surface area contributed by atoms with E-state index in [2.05, 4.69) is 22.2 Å². The standard InChI is InChI=1S/C15H15N3O/c1-10-4-5-12(9-14(10)19-3)13-6-7-16-15-8-11(2)17-18(13)15/h4-9H,1-3H3. The number of ether oxygens (including phenoxy) is 1. The number of hydrogen-bond donors (Lipinski definition) is 0. The number of methoxy groups -OCH3 is 1. The number of aromatic nitrogens is 3. The Bertz CT molecular complexity index is 746. The summed E-state index contributed by atoms with van der Waals surface area (Å²) in [6.45, 7) is 4.00. The molecule has 0 atom stereocenters. The van der Waals surface area contributed by atoms with Crippen molar-refractivity contribution in [1.29, 1.82) is 0 Å². The molecular formula is C15H15N3O. The predicted molar refractivity (Wildman–Crippen MR) is 74.4 cm³/mol. The van der Waals surface area contributed by atoms with Gasteiger partial charge in [-0.2, -0.15) is 5.10 Å². The molecule has 0 radical (unpaired) electrons. The topological polar surface area (TPSA) is 39.4 Å². The van der Waals surface area contributed by atoms with E-state index in [1.54, 1.807) is 13.3 Å². The van der Waals surface area contributed by atoms with Crippen molar-refractivity contribution < 1.29 is 4.74 Å². The molecule has 0 unspecified atom stereocenters. The van der Waals surface area contributed by atoms with Crippen LogP contribution in [0.5, 0.6) is 5.75 Å². The second-order valence-electron chi connectivity index (χ2n) is 4.57. The summed E-state index contributed by atoms with van der Waals surface area (Å²) >= 11 is 0. The van der Waals surface area contributed by atoms with E-state index in [1.165, 1.54) is 0 Å². The third-order valence-electron chi connectivity index (χ3n) is 3.18. The second kappa shape index (κ2) is 4.39. The maximum absolute atomic E-state index is 5.38. The summed E-state index contributed by atoms with van der Waals surface area (Å²) in [5.41, 5.74) is 5.01. The first-order valence-electron chi connectivity index (χ1n) is 6.15. The number of rotatable bonds is 2. The molecule has 96 valence electrons. The zero-order valence-electron chi connectivity index (χ0n) is 11.2. The van der Waals surface area contributed by atoms with Crippen LogP contribution in [0.2, 0.25) is 0 Å². The highest BCUT2D eigenvalue weighted by Gasteiger charge is 2.08. The third kappa shape index (κ3) is 1.95. The van der Waals surface area contributed by atoms with Crippen molar-refractivity contribution in [1.82, 2.24) is 14.6 Å². The molecule has 0 aliphatic rings. The maximum Gasteiger partial charge on any atom is 0.155 e. The molecule has 0 bridgehead atoms. The van der Waals surface area contributed by atoms with E-state index >= 15 is 0 Å². The van der Waals surface area contributed by atoms with E-state index in [0.717, 1.165) is 33.9 Å². The number of nitrogens with zero attached hydrogens (tertiary/aromatic N) is 3. The van der Waals surface area contributed by atoms with Gasteiger partial charge in [0, 0.05) is 17.8 Å². The van der Waals surface area contributed by atoms with Crippen molar-refractivity contribution in [2.45, 2.75) is 13.8 Å². The van der Waals surface area contributed by atoms with Crippen molar-refractivity contribution >= 4 is 5.65 Å². The van der Waals surface area contributed by atoms with Crippen LogP contribution in [0.15, 0.2) is 36.5 Å². The van der Waals surface area contributed by atoms with Gasteiger partial charge in [-0.05, 0) is 31.5 Å². The molecule has 0 spiro atoms. The summed E-state index contributed by atoms with van der Waals surface area (Å²) < 4.78 is 7.24. The molecule has 19 heavy (non-hydrogen) atoms. The molecule has 2 heterocycles. The van der Waals surface area contributed by atoms with Crippen LogP contribution in [-0.2, 0) is 0 Å². The van der Waals surface area contributed by atoms with Crippen LogP contribution in [0.1, 0.15) is 11.3 Å². The minimum atomic E-state index is 0.856. The average Bonchev–Trinajstić information content (AvgIpc) is 2.79. The largest absolute Gasteiger partial charge is 0.496 e. The highest BCUT2D eigenvalue weighted by molar-refractivity contribution is 5.65. The van der Waals surface area contributed by atoms with Crippen LogP contribution in [0, 0.1) is 13.8 Å². The van der Waals surface area contributed by atoms with Gasteiger partial charge in [-0.15, -0.1) is 0 Å².